The average molecular weight is 274 g/mol. The Morgan fingerprint density at radius 1 is 1.32 bits per heavy atom. The van der Waals surface area contributed by atoms with Crippen LogP contribution in [-0.2, 0) is 0 Å². The molecule has 0 radical (unpaired) electrons. The molecule has 2 nitrogen and oxygen atoms in total. The molecule has 1 saturated carbocycles. The first-order valence-corrected chi connectivity index (χ1v) is 8.32. The summed E-state index contributed by atoms with van der Waals surface area (Å²) in [4.78, 5) is 1.06. The Kier molecular flexibility index (Phi) is 5.15. The van der Waals surface area contributed by atoms with Gasteiger partial charge in [-0.25, -0.2) is 0 Å². The maximum Gasteiger partial charge on any atom is 0.102 e. The number of hydrogen-bond donors (Lipinski definition) is 1. The molecule has 102 valence electrons. The summed E-state index contributed by atoms with van der Waals surface area (Å²) in [6, 6.07) is 8.86. The summed E-state index contributed by atoms with van der Waals surface area (Å²) < 4.78 is 0. The minimum absolute atomic E-state index is 0.449. The van der Waals surface area contributed by atoms with Crippen LogP contribution in [0.4, 0.5) is 5.69 Å². The van der Waals surface area contributed by atoms with E-state index in [2.05, 4.69) is 18.3 Å². The maximum absolute atomic E-state index is 9.35. The number of nitriles is 1. The third kappa shape index (κ3) is 3.45. The first-order chi connectivity index (χ1) is 9.26. The molecule has 0 saturated heterocycles. The number of nitrogens with zero attached hydrogens (tertiary/aromatic N) is 1. The molecule has 1 aliphatic carbocycles. The highest BCUT2D eigenvalue weighted by Crippen LogP contribution is 2.31. The first-order valence-electron chi connectivity index (χ1n) is 7.10. The molecule has 1 aromatic rings. The van der Waals surface area contributed by atoms with E-state index in [1.165, 1.54) is 32.1 Å². The zero-order chi connectivity index (χ0) is 13.7. The molecule has 3 heteroatoms. The van der Waals surface area contributed by atoms with Crippen LogP contribution in [0.5, 0.6) is 0 Å². The second kappa shape index (κ2) is 6.86. The van der Waals surface area contributed by atoms with Crippen LogP contribution in [0.15, 0.2) is 23.1 Å². The van der Waals surface area contributed by atoms with Gasteiger partial charge in [0.2, 0.25) is 0 Å². The smallest absolute Gasteiger partial charge is 0.102 e. The van der Waals surface area contributed by atoms with Gasteiger partial charge in [0.15, 0.2) is 0 Å². The second-order valence-corrected chi connectivity index (χ2v) is 6.17. The Morgan fingerprint density at radius 3 is 2.68 bits per heavy atom. The second-order valence-electron chi connectivity index (χ2n) is 5.33. The van der Waals surface area contributed by atoms with E-state index in [0.29, 0.717) is 6.04 Å². The Bertz CT molecular complexity index is 458. The van der Waals surface area contributed by atoms with Gasteiger partial charge in [-0.05, 0) is 44.1 Å². The minimum atomic E-state index is 0.449. The van der Waals surface area contributed by atoms with Crippen molar-refractivity contribution in [2.24, 2.45) is 5.92 Å². The van der Waals surface area contributed by atoms with Gasteiger partial charge in [0.05, 0.1) is 11.3 Å². The zero-order valence-corrected chi connectivity index (χ0v) is 12.6. The minimum Gasteiger partial charge on any atom is -0.381 e. The highest BCUT2D eigenvalue weighted by atomic mass is 32.2. The number of rotatable bonds is 4. The van der Waals surface area contributed by atoms with Crippen molar-refractivity contribution < 1.29 is 0 Å². The molecule has 1 aromatic carbocycles. The average Bonchev–Trinajstić information content (AvgIpc) is 2.47. The lowest BCUT2D eigenvalue weighted by Gasteiger charge is -2.29. The van der Waals surface area contributed by atoms with Gasteiger partial charge in [0.1, 0.15) is 6.07 Å². The Morgan fingerprint density at radius 2 is 2.05 bits per heavy atom. The van der Waals surface area contributed by atoms with Gasteiger partial charge in [0, 0.05) is 10.9 Å². The molecule has 0 amide bonds. The van der Waals surface area contributed by atoms with Crippen LogP contribution in [0.3, 0.4) is 0 Å². The lowest BCUT2D eigenvalue weighted by molar-refractivity contribution is 0.328. The van der Waals surface area contributed by atoms with Gasteiger partial charge < -0.3 is 5.32 Å². The van der Waals surface area contributed by atoms with Gasteiger partial charge in [-0.3, -0.25) is 0 Å². The third-order valence-electron chi connectivity index (χ3n) is 4.10. The quantitative estimate of drug-likeness (QED) is 0.811. The van der Waals surface area contributed by atoms with Crippen molar-refractivity contribution in [3.05, 3.63) is 23.8 Å². The third-order valence-corrected chi connectivity index (χ3v) is 4.88. The van der Waals surface area contributed by atoms with Gasteiger partial charge in [0.25, 0.3) is 0 Å². The molecule has 1 aliphatic rings. The van der Waals surface area contributed by atoms with E-state index in [9.17, 15) is 5.26 Å². The molecular weight excluding hydrogens is 252 g/mol. The molecule has 1 fully saturated rings. The fourth-order valence-corrected chi connectivity index (χ4v) is 3.51. The maximum atomic E-state index is 9.35. The lowest BCUT2D eigenvalue weighted by atomic mass is 9.84. The van der Waals surface area contributed by atoms with Crippen molar-refractivity contribution in [1.29, 1.82) is 5.26 Å². The largest absolute Gasteiger partial charge is 0.381 e. The molecule has 1 atom stereocenters. The van der Waals surface area contributed by atoms with Crippen LogP contribution in [-0.4, -0.2) is 12.3 Å². The number of nitrogens with one attached hydrogen (secondary N) is 1. The van der Waals surface area contributed by atoms with Crippen LogP contribution in [0.1, 0.15) is 44.6 Å². The highest BCUT2D eigenvalue weighted by Gasteiger charge is 2.20. The molecule has 0 aromatic heterocycles. The fourth-order valence-electron chi connectivity index (χ4n) is 2.93. The molecule has 0 bridgehead atoms. The SMILES string of the molecule is CSc1cccc(NC(C)C2CCCCC2)c1C#N. The normalized spacial score (nSPS) is 17.7. The summed E-state index contributed by atoms with van der Waals surface area (Å²) in [6.45, 7) is 2.25. The Balaban J connectivity index is 2.12. The summed E-state index contributed by atoms with van der Waals surface area (Å²) in [6.07, 6.45) is 8.75. The number of hydrogen-bond acceptors (Lipinski definition) is 3. The number of thioether (sulfide) groups is 1. The molecule has 19 heavy (non-hydrogen) atoms. The fraction of sp³-hybridized carbons (Fsp3) is 0.562. The van der Waals surface area contributed by atoms with E-state index in [1.807, 2.05) is 24.5 Å². The standard InChI is InChI=1S/C16H22N2S/c1-12(13-7-4-3-5-8-13)18-15-9-6-10-16(19-2)14(15)11-17/h6,9-10,12-13,18H,3-5,7-8H2,1-2H3. The van der Waals surface area contributed by atoms with Crippen molar-refractivity contribution in [3.63, 3.8) is 0 Å². The monoisotopic (exact) mass is 274 g/mol. The van der Waals surface area contributed by atoms with Crippen LogP contribution < -0.4 is 5.32 Å². The molecule has 2 rings (SSSR count). The van der Waals surface area contributed by atoms with Gasteiger partial charge in [-0.2, -0.15) is 5.26 Å². The molecule has 0 heterocycles. The van der Waals surface area contributed by atoms with Gasteiger partial charge in [-0.15, -0.1) is 11.8 Å². The Hall–Kier alpha value is -1.14. The van der Waals surface area contributed by atoms with Crippen molar-refractivity contribution in [1.82, 2.24) is 0 Å². The number of benzene rings is 1. The van der Waals surface area contributed by atoms with Crippen LogP contribution in [0, 0.1) is 17.2 Å². The van der Waals surface area contributed by atoms with E-state index in [0.717, 1.165) is 22.1 Å². The van der Waals surface area contributed by atoms with Crippen LogP contribution >= 0.6 is 11.8 Å². The van der Waals surface area contributed by atoms with E-state index in [-0.39, 0.29) is 0 Å². The lowest BCUT2D eigenvalue weighted by Crippen LogP contribution is -2.28. The predicted molar refractivity (Wildman–Crippen MR) is 82.6 cm³/mol. The summed E-state index contributed by atoms with van der Waals surface area (Å²) in [7, 11) is 0. The zero-order valence-electron chi connectivity index (χ0n) is 11.8. The van der Waals surface area contributed by atoms with E-state index in [4.69, 9.17) is 0 Å². The topological polar surface area (TPSA) is 35.8 Å². The Labute approximate surface area is 120 Å². The van der Waals surface area contributed by atoms with Crippen molar-refractivity contribution in [2.45, 2.75) is 50.0 Å². The molecule has 1 N–H and O–H groups in total. The van der Waals surface area contributed by atoms with E-state index < -0.39 is 0 Å². The van der Waals surface area contributed by atoms with Crippen molar-refractivity contribution in [2.75, 3.05) is 11.6 Å². The van der Waals surface area contributed by atoms with E-state index >= 15 is 0 Å². The number of anilines is 1. The molecular formula is C16H22N2S. The van der Waals surface area contributed by atoms with Crippen molar-refractivity contribution >= 4 is 17.4 Å². The molecule has 0 aliphatic heterocycles. The summed E-state index contributed by atoms with van der Waals surface area (Å²) in [5.74, 6) is 0.748. The summed E-state index contributed by atoms with van der Waals surface area (Å²) in [5.41, 5.74) is 1.78. The summed E-state index contributed by atoms with van der Waals surface area (Å²) in [5, 5.41) is 12.9. The first kappa shape index (κ1) is 14.3. The predicted octanol–water partition coefficient (Wildman–Crippen LogP) is 4.66. The van der Waals surface area contributed by atoms with Crippen molar-refractivity contribution in [3.8, 4) is 6.07 Å². The van der Waals surface area contributed by atoms with Gasteiger partial charge in [-0.1, -0.05) is 25.3 Å². The highest BCUT2D eigenvalue weighted by molar-refractivity contribution is 7.98. The van der Waals surface area contributed by atoms with Crippen LogP contribution in [0.25, 0.3) is 0 Å². The van der Waals surface area contributed by atoms with Crippen LogP contribution in [0.2, 0.25) is 0 Å². The summed E-state index contributed by atoms with van der Waals surface area (Å²) >= 11 is 1.63. The molecule has 0 spiro atoms. The van der Waals surface area contributed by atoms with E-state index in [1.54, 1.807) is 11.8 Å². The van der Waals surface area contributed by atoms with Gasteiger partial charge >= 0.3 is 0 Å². The molecule has 1 unspecified atom stereocenters.